The molecular formula is C6H8O7Zr. The second-order valence-corrected chi connectivity index (χ2v) is 2.48. The van der Waals surface area contributed by atoms with Crippen molar-refractivity contribution in [3.05, 3.63) is 0 Å². The van der Waals surface area contributed by atoms with Gasteiger partial charge in [-0.3, -0.25) is 9.59 Å². The quantitative estimate of drug-likeness (QED) is 0.495. The van der Waals surface area contributed by atoms with Crippen LogP contribution in [-0.2, 0) is 40.6 Å². The van der Waals surface area contributed by atoms with Crippen LogP contribution in [0, 0.1) is 0 Å². The van der Waals surface area contributed by atoms with Crippen LogP contribution in [0.2, 0.25) is 0 Å². The van der Waals surface area contributed by atoms with Gasteiger partial charge in [0.1, 0.15) is 0 Å². The zero-order chi connectivity index (χ0) is 10.6. The third kappa shape index (κ3) is 5.08. The van der Waals surface area contributed by atoms with Gasteiger partial charge >= 0.3 is 17.9 Å². The second-order valence-electron chi connectivity index (χ2n) is 2.48. The molecule has 0 unspecified atom stereocenters. The molecule has 0 heterocycles. The molecule has 0 aromatic heterocycles. The largest absolute Gasteiger partial charge is 0.481 e. The van der Waals surface area contributed by atoms with Crippen LogP contribution in [-0.4, -0.2) is 43.9 Å². The number of carboxylic acid groups (broad SMARTS) is 3. The molecule has 0 aliphatic rings. The summed E-state index contributed by atoms with van der Waals surface area (Å²) in [5, 5.41) is 33.8. The Morgan fingerprint density at radius 1 is 0.929 bits per heavy atom. The monoisotopic (exact) mass is 282 g/mol. The van der Waals surface area contributed by atoms with Gasteiger partial charge in [-0.2, -0.15) is 0 Å². The summed E-state index contributed by atoms with van der Waals surface area (Å²) in [6, 6.07) is 0. The number of aliphatic hydroxyl groups is 1. The molecule has 0 atom stereocenters. The van der Waals surface area contributed by atoms with Crippen LogP contribution >= 0.6 is 0 Å². The average molecular weight is 283 g/mol. The Kier molecular flexibility index (Phi) is 6.59. The molecule has 0 spiro atoms. The summed E-state index contributed by atoms with van der Waals surface area (Å²) in [5.74, 6) is -5.02. The van der Waals surface area contributed by atoms with Crippen LogP contribution in [0.25, 0.3) is 0 Å². The van der Waals surface area contributed by atoms with Gasteiger partial charge in [-0.25, -0.2) is 4.79 Å². The fourth-order valence-electron chi connectivity index (χ4n) is 0.714. The third-order valence-electron chi connectivity index (χ3n) is 1.29. The van der Waals surface area contributed by atoms with Crippen molar-refractivity contribution in [1.29, 1.82) is 0 Å². The molecule has 78 valence electrons. The van der Waals surface area contributed by atoms with Gasteiger partial charge in [0.25, 0.3) is 0 Å². The minimum atomic E-state index is -2.74. The predicted molar refractivity (Wildman–Crippen MR) is 37.1 cm³/mol. The van der Waals surface area contributed by atoms with Crippen molar-refractivity contribution in [3.8, 4) is 0 Å². The van der Waals surface area contributed by atoms with Crippen LogP contribution in [0.5, 0.6) is 0 Å². The van der Waals surface area contributed by atoms with Crippen molar-refractivity contribution in [3.63, 3.8) is 0 Å². The third-order valence-corrected chi connectivity index (χ3v) is 1.29. The minimum absolute atomic E-state index is 0. The fraction of sp³-hybridized carbons (Fsp3) is 0.500. The number of carboxylic acids is 3. The summed E-state index contributed by atoms with van der Waals surface area (Å²) in [5.41, 5.74) is -2.74. The molecule has 0 aliphatic carbocycles. The summed E-state index contributed by atoms with van der Waals surface area (Å²) in [7, 11) is 0. The molecule has 0 amide bonds. The van der Waals surface area contributed by atoms with E-state index in [4.69, 9.17) is 20.4 Å². The summed E-state index contributed by atoms with van der Waals surface area (Å²) in [4.78, 5) is 30.5. The summed E-state index contributed by atoms with van der Waals surface area (Å²) in [6.45, 7) is 0. The molecule has 0 saturated heterocycles. The molecule has 0 radical (unpaired) electrons. The molecule has 0 bridgehead atoms. The Bertz CT molecular complexity index is 233. The fourth-order valence-corrected chi connectivity index (χ4v) is 0.714. The Morgan fingerprint density at radius 2 is 1.21 bits per heavy atom. The normalized spacial score (nSPS) is 10.1. The number of carbonyl (C=O) groups is 3. The second kappa shape index (κ2) is 5.87. The van der Waals surface area contributed by atoms with Crippen molar-refractivity contribution in [2.24, 2.45) is 0 Å². The Morgan fingerprint density at radius 3 is 1.36 bits per heavy atom. The standard InChI is InChI=1S/C6H8O7.Zr/c7-3(8)1-6(13,5(11)12)2-4(9)10;/h13H,1-2H2,(H,7,8)(H,9,10)(H,11,12);. The van der Waals surface area contributed by atoms with Gasteiger partial charge in [0.15, 0.2) is 5.60 Å². The molecule has 8 heteroatoms. The van der Waals surface area contributed by atoms with Gasteiger partial charge < -0.3 is 20.4 Å². The van der Waals surface area contributed by atoms with Gasteiger partial charge in [-0.05, 0) is 0 Å². The van der Waals surface area contributed by atoms with Crippen molar-refractivity contribution >= 4 is 17.9 Å². The molecule has 0 aromatic rings. The van der Waals surface area contributed by atoms with E-state index in [1.165, 1.54) is 0 Å². The zero-order valence-electron chi connectivity index (χ0n) is 6.93. The van der Waals surface area contributed by atoms with Crippen LogP contribution in [0.3, 0.4) is 0 Å². The number of hydrogen-bond donors (Lipinski definition) is 4. The van der Waals surface area contributed by atoms with Crippen molar-refractivity contribution in [2.45, 2.75) is 18.4 Å². The van der Waals surface area contributed by atoms with Gasteiger partial charge in [-0.15, -0.1) is 0 Å². The average Bonchev–Trinajstić information content (AvgIpc) is 1.82. The maximum absolute atomic E-state index is 10.3. The van der Waals surface area contributed by atoms with E-state index in [0.29, 0.717) is 0 Å². The smallest absolute Gasteiger partial charge is 0.336 e. The Hall–Kier alpha value is -0.747. The number of aliphatic carboxylic acids is 3. The number of rotatable bonds is 5. The van der Waals surface area contributed by atoms with Crippen LogP contribution in [0.4, 0.5) is 0 Å². The van der Waals surface area contributed by atoms with Crippen LogP contribution in [0.1, 0.15) is 12.8 Å². The maximum atomic E-state index is 10.3. The summed E-state index contributed by atoms with van der Waals surface area (Å²) < 4.78 is 0. The van der Waals surface area contributed by atoms with Crippen LogP contribution < -0.4 is 0 Å². The molecule has 0 aromatic carbocycles. The first kappa shape index (κ1) is 15.7. The van der Waals surface area contributed by atoms with Crippen molar-refractivity contribution < 1.29 is 61.0 Å². The summed E-state index contributed by atoms with van der Waals surface area (Å²) in [6.07, 6.45) is -2.29. The van der Waals surface area contributed by atoms with E-state index < -0.39 is 36.4 Å². The molecule has 7 nitrogen and oxygen atoms in total. The molecule has 0 rings (SSSR count). The maximum Gasteiger partial charge on any atom is 0.336 e. The van der Waals surface area contributed by atoms with Crippen molar-refractivity contribution in [2.75, 3.05) is 0 Å². The first-order valence-electron chi connectivity index (χ1n) is 3.17. The van der Waals surface area contributed by atoms with Gasteiger partial charge in [0.2, 0.25) is 0 Å². The Balaban J connectivity index is 0. The molecule has 14 heavy (non-hydrogen) atoms. The van der Waals surface area contributed by atoms with E-state index in [1.807, 2.05) is 0 Å². The van der Waals surface area contributed by atoms with Gasteiger partial charge in [0.05, 0.1) is 12.8 Å². The Labute approximate surface area is 97.5 Å². The van der Waals surface area contributed by atoms with Crippen molar-refractivity contribution in [1.82, 2.24) is 0 Å². The van der Waals surface area contributed by atoms with E-state index >= 15 is 0 Å². The van der Waals surface area contributed by atoms with Gasteiger partial charge in [0, 0.05) is 26.2 Å². The van der Waals surface area contributed by atoms with E-state index in [1.54, 1.807) is 0 Å². The van der Waals surface area contributed by atoms with E-state index in [-0.39, 0.29) is 26.2 Å². The number of hydrogen-bond acceptors (Lipinski definition) is 4. The molecular weight excluding hydrogens is 275 g/mol. The molecule has 0 fully saturated rings. The zero-order valence-corrected chi connectivity index (χ0v) is 9.39. The van der Waals surface area contributed by atoms with E-state index in [9.17, 15) is 14.4 Å². The SMILES string of the molecule is O=C(O)CC(O)(CC(=O)O)C(=O)O.[Zr]. The molecule has 0 saturated carbocycles. The minimum Gasteiger partial charge on any atom is -0.481 e. The predicted octanol–water partition coefficient (Wildman–Crippen LogP) is -1.25. The first-order valence-corrected chi connectivity index (χ1v) is 3.17. The van der Waals surface area contributed by atoms with Gasteiger partial charge in [-0.1, -0.05) is 0 Å². The van der Waals surface area contributed by atoms with Crippen LogP contribution in [0.15, 0.2) is 0 Å². The topological polar surface area (TPSA) is 132 Å². The van der Waals surface area contributed by atoms with E-state index in [0.717, 1.165) is 0 Å². The molecule has 4 N–H and O–H groups in total. The molecule has 0 aliphatic heterocycles. The van der Waals surface area contributed by atoms with E-state index in [2.05, 4.69) is 0 Å². The summed E-state index contributed by atoms with van der Waals surface area (Å²) >= 11 is 0. The first-order chi connectivity index (χ1) is 5.78.